The van der Waals surface area contributed by atoms with Crippen LogP contribution >= 0.6 is 0 Å². The van der Waals surface area contributed by atoms with E-state index in [-0.39, 0.29) is 18.0 Å². The van der Waals surface area contributed by atoms with Gasteiger partial charge < -0.3 is 10.3 Å². The van der Waals surface area contributed by atoms with Crippen LogP contribution in [0.2, 0.25) is 0 Å². The number of nitrogens with one attached hydrogen (secondary N) is 2. The second-order valence-electron chi connectivity index (χ2n) is 5.63. The summed E-state index contributed by atoms with van der Waals surface area (Å²) in [5, 5.41) is 3.74. The zero-order chi connectivity index (χ0) is 16.9. The third kappa shape index (κ3) is 3.60. The zero-order valence-corrected chi connectivity index (χ0v) is 13.4. The Kier molecular flexibility index (Phi) is 4.57. The average Bonchev–Trinajstić information content (AvgIpc) is 2.60. The Hall–Kier alpha value is -3.14. The average molecular weight is 318 g/mol. The van der Waals surface area contributed by atoms with E-state index < -0.39 is 0 Å². The Morgan fingerprint density at radius 3 is 2.58 bits per heavy atom. The van der Waals surface area contributed by atoms with Crippen molar-refractivity contribution in [2.75, 3.05) is 0 Å². The number of benzene rings is 2. The standard InChI is InChI=1S/C20H18N2O2/c1-14(11-15-7-3-2-4-8-15)19(23)21-13-17-12-16-9-5-6-10-18(16)22-20(17)24/h2-12H,13H2,1H3,(H,21,23)(H,22,24)/b14-11+. The first-order valence-electron chi connectivity index (χ1n) is 7.76. The molecule has 0 unspecified atom stereocenters. The molecule has 3 aromatic rings. The molecule has 0 fully saturated rings. The van der Waals surface area contributed by atoms with Crippen LogP contribution in [-0.2, 0) is 11.3 Å². The number of aromatic amines is 1. The van der Waals surface area contributed by atoms with Gasteiger partial charge >= 0.3 is 0 Å². The minimum atomic E-state index is -0.189. The van der Waals surface area contributed by atoms with E-state index in [0.717, 1.165) is 16.5 Å². The Morgan fingerprint density at radius 2 is 1.79 bits per heavy atom. The summed E-state index contributed by atoms with van der Waals surface area (Å²) in [6, 6.07) is 19.0. The number of hydrogen-bond donors (Lipinski definition) is 2. The van der Waals surface area contributed by atoms with Crippen LogP contribution in [0, 0.1) is 0 Å². The Morgan fingerprint density at radius 1 is 1.08 bits per heavy atom. The van der Waals surface area contributed by atoms with Crippen LogP contribution in [0.5, 0.6) is 0 Å². The monoisotopic (exact) mass is 318 g/mol. The van der Waals surface area contributed by atoms with Gasteiger partial charge in [0.25, 0.3) is 5.56 Å². The number of pyridine rings is 1. The summed E-state index contributed by atoms with van der Waals surface area (Å²) in [6.45, 7) is 1.95. The van der Waals surface area contributed by atoms with E-state index in [0.29, 0.717) is 11.1 Å². The normalized spacial score (nSPS) is 11.5. The molecule has 0 radical (unpaired) electrons. The fraction of sp³-hybridized carbons (Fsp3) is 0.100. The van der Waals surface area contributed by atoms with Gasteiger partial charge in [-0.25, -0.2) is 0 Å². The predicted octanol–water partition coefficient (Wildman–Crippen LogP) is 3.25. The van der Waals surface area contributed by atoms with Crippen LogP contribution < -0.4 is 10.9 Å². The van der Waals surface area contributed by atoms with Gasteiger partial charge in [0.1, 0.15) is 0 Å². The highest BCUT2D eigenvalue weighted by Crippen LogP contribution is 2.10. The number of hydrogen-bond acceptors (Lipinski definition) is 2. The molecule has 0 atom stereocenters. The highest BCUT2D eigenvalue weighted by Gasteiger charge is 2.07. The smallest absolute Gasteiger partial charge is 0.253 e. The van der Waals surface area contributed by atoms with Crippen molar-refractivity contribution in [1.82, 2.24) is 10.3 Å². The molecule has 1 aromatic heterocycles. The number of carbonyl (C=O) groups excluding carboxylic acids is 1. The number of para-hydroxylation sites is 1. The molecule has 120 valence electrons. The van der Waals surface area contributed by atoms with Crippen molar-refractivity contribution in [3.05, 3.63) is 87.7 Å². The van der Waals surface area contributed by atoms with Crippen molar-refractivity contribution < 1.29 is 4.79 Å². The van der Waals surface area contributed by atoms with Crippen LogP contribution in [0.15, 0.2) is 71.0 Å². The lowest BCUT2D eigenvalue weighted by molar-refractivity contribution is -0.117. The van der Waals surface area contributed by atoms with E-state index in [1.807, 2.05) is 66.7 Å². The molecule has 0 saturated carbocycles. The molecule has 2 aromatic carbocycles. The van der Waals surface area contributed by atoms with Gasteiger partial charge in [-0.3, -0.25) is 9.59 Å². The second-order valence-corrected chi connectivity index (χ2v) is 5.63. The summed E-state index contributed by atoms with van der Waals surface area (Å²) in [5.74, 6) is -0.189. The topological polar surface area (TPSA) is 62.0 Å². The molecule has 3 rings (SSSR count). The minimum Gasteiger partial charge on any atom is -0.348 e. The van der Waals surface area contributed by atoms with E-state index in [2.05, 4.69) is 10.3 Å². The molecule has 2 N–H and O–H groups in total. The number of amides is 1. The van der Waals surface area contributed by atoms with Crippen molar-refractivity contribution in [3.63, 3.8) is 0 Å². The first-order valence-corrected chi connectivity index (χ1v) is 7.76. The Bertz CT molecular complexity index is 956. The van der Waals surface area contributed by atoms with E-state index in [1.165, 1.54) is 0 Å². The lowest BCUT2D eigenvalue weighted by atomic mass is 10.1. The maximum Gasteiger partial charge on any atom is 0.253 e. The molecular weight excluding hydrogens is 300 g/mol. The first kappa shape index (κ1) is 15.7. The fourth-order valence-electron chi connectivity index (χ4n) is 2.50. The number of fused-ring (bicyclic) bond motifs is 1. The third-order valence-electron chi connectivity index (χ3n) is 3.81. The van der Waals surface area contributed by atoms with Gasteiger partial charge in [0.2, 0.25) is 5.91 Å². The fourth-order valence-corrected chi connectivity index (χ4v) is 2.50. The van der Waals surface area contributed by atoms with Crippen LogP contribution in [0.4, 0.5) is 0 Å². The molecule has 0 aliphatic rings. The Labute approximate surface area is 139 Å². The highest BCUT2D eigenvalue weighted by molar-refractivity contribution is 5.97. The summed E-state index contributed by atoms with van der Waals surface area (Å²) >= 11 is 0. The molecule has 0 aliphatic heterocycles. The molecule has 1 heterocycles. The first-order chi connectivity index (χ1) is 11.6. The van der Waals surface area contributed by atoms with Crippen LogP contribution in [0.25, 0.3) is 17.0 Å². The summed E-state index contributed by atoms with van der Waals surface area (Å²) in [4.78, 5) is 27.1. The summed E-state index contributed by atoms with van der Waals surface area (Å²) in [5.41, 5.74) is 2.71. The van der Waals surface area contributed by atoms with Gasteiger partial charge in [-0.2, -0.15) is 0 Å². The van der Waals surface area contributed by atoms with Crippen molar-refractivity contribution in [2.45, 2.75) is 13.5 Å². The molecule has 0 saturated heterocycles. The summed E-state index contributed by atoms with van der Waals surface area (Å²) < 4.78 is 0. The van der Waals surface area contributed by atoms with Gasteiger partial charge in [-0.05, 0) is 36.1 Å². The van der Waals surface area contributed by atoms with E-state index >= 15 is 0 Å². The molecule has 4 nitrogen and oxygen atoms in total. The quantitative estimate of drug-likeness (QED) is 0.725. The Balaban J connectivity index is 1.73. The molecule has 4 heteroatoms. The van der Waals surface area contributed by atoms with Crippen molar-refractivity contribution in [2.24, 2.45) is 0 Å². The van der Waals surface area contributed by atoms with E-state index in [4.69, 9.17) is 0 Å². The SMILES string of the molecule is C/C(=C\c1ccccc1)C(=O)NCc1cc2ccccc2[nH]c1=O. The third-order valence-corrected chi connectivity index (χ3v) is 3.81. The lowest BCUT2D eigenvalue weighted by Gasteiger charge is -2.06. The lowest BCUT2D eigenvalue weighted by Crippen LogP contribution is -2.27. The van der Waals surface area contributed by atoms with Crippen LogP contribution in [-0.4, -0.2) is 10.9 Å². The molecule has 0 aliphatic carbocycles. The molecule has 1 amide bonds. The molecular formula is C20H18N2O2. The van der Waals surface area contributed by atoms with Gasteiger partial charge in [-0.1, -0.05) is 48.5 Å². The van der Waals surface area contributed by atoms with E-state index in [1.54, 1.807) is 6.92 Å². The molecule has 0 spiro atoms. The van der Waals surface area contributed by atoms with Crippen molar-refractivity contribution >= 4 is 22.9 Å². The van der Waals surface area contributed by atoms with Crippen LogP contribution in [0.1, 0.15) is 18.1 Å². The van der Waals surface area contributed by atoms with E-state index in [9.17, 15) is 9.59 Å². The van der Waals surface area contributed by atoms with Gasteiger partial charge in [-0.15, -0.1) is 0 Å². The van der Waals surface area contributed by atoms with Crippen molar-refractivity contribution in [3.8, 4) is 0 Å². The largest absolute Gasteiger partial charge is 0.348 e. The zero-order valence-electron chi connectivity index (χ0n) is 13.4. The number of aromatic nitrogens is 1. The summed E-state index contributed by atoms with van der Waals surface area (Å²) in [6.07, 6.45) is 1.82. The number of rotatable bonds is 4. The van der Waals surface area contributed by atoms with Gasteiger partial charge in [0.15, 0.2) is 0 Å². The second kappa shape index (κ2) is 6.96. The summed E-state index contributed by atoms with van der Waals surface area (Å²) in [7, 11) is 0. The number of carbonyl (C=O) groups is 1. The maximum absolute atomic E-state index is 12.2. The number of H-pyrrole nitrogens is 1. The minimum absolute atomic E-state index is 0.182. The molecule has 24 heavy (non-hydrogen) atoms. The van der Waals surface area contributed by atoms with Crippen LogP contribution in [0.3, 0.4) is 0 Å². The van der Waals surface area contributed by atoms with Gasteiger partial charge in [0.05, 0.1) is 0 Å². The highest BCUT2D eigenvalue weighted by atomic mass is 16.1. The van der Waals surface area contributed by atoms with Crippen molar-refractivity contribution in [1.29, 1.82) is 0 Å². The molecule has 0 bridgehead atoms. The van der Waals surface area contributed by atoms with Gasteiger partial charge in [0, 0.05) is 23.2 Å². The predicted molar refractivity (Wildman–Crippen MR) is 96.5 cm³/mol. The maximum atomic E-state index is 12.2.